The molecule has 2 heterocycles. The molecule has 19 heavy (non-hydrogen) atoms. The number of halogens is 2. The number of hydrogen-bond donors (Lipinski definition) is 1. The number of carbonyl (C=O) groups excluding carboxylic acids is 1. The normalized spacial score (nSPS) is 11.1. The van der Waals surface area contributed by atoms with Gasteiger partial charge in [-0.25, -0.2) is 9.48 Å². The van der Waals surface area contributed by atoms with Crippen LogP contribution in [0.3, 0.4) is 0 Å². The van der Waals surface area contributed by atoms with E-state index in [2.05, 4.69) is 20.1 Å². The summed E-state index contributed by atoms with van der Waals surface area (Å²) in [5.41, 5.74) is 0.575. The van der Waals surface area contributed by atoms with Crippen molar-refractivity contribution in [3.63, 3.8) is 0 Å². The number of nitrogens with zero attached hydrogens (tertiary/aromatic N) is 3. The van der Waals surface area contributed by atoms with Gasteiger partial charge >= 0.3 is 12.2 Å². The molecule has 0 spiro atoms. The fraction of sp³-hybridized carbons (Fsp3) is 0.182. The third-order valence-electron chi connectivity index (χ3n) is 2.04. The van der Waals surface area contributed by atoms with E-state index in [0.29, 0.717) is 12.6 Å². The van der Waals surface area contributed by atoms with E-state index >= 15 is 0 Å². The Morgan fingerprint density at radius 2 is 2.21 bits per heavy atom. The molecule has 0 aliphatic rings. The number of nitrogens with one attached hydrogen (secondary N) is 1. The highest BCUT2D eigenvalue weighted by Gasteiger charge is 2.27. The van der Waals surface area contributed by atoms with Crippen LogP contribution in [0, 0.1) is 0 Å². The van der Waals surface area contributed by atoms with Crippen molar-refractivity contribution in [1.82, 2.24) is 14.8 Å². The quantitative estimate of drug-likeness (QED) is 0.928. The molecule has 1 N–H and O–H groups in total. The maximum atomic E-state index is 12.5. The zero-order valence-electron chi connectivity index (χ0n) is 9.88. The second-order valence-corrected chi connectivity index (χ2v) is 3.66. The average molecular weight is 268 g/mol. The average Bonchev–Trinajstić information content (AvgIpc) is 2.75. The number of rotatable bonds is 3. The van der Waals surface area contributed by atoms with Crippen LogP contribution in [0.1, 0.15) is 6.92 Å². The molecule has 0 aliphatic carbocycles. The molecule has 0 aliphatic heterocycles. The molecular formula is C11H10F2N4O2. The zero-order valence-corrected chi connectivity index (χ0v) is 9.88. The minimum atomic E-state index is -3.54. The molecule has 2 aromatic rings. The van der Waals surface area contributed by atoms with Crippen LogP contribution in [-0.2, 0) is 4.74 Å². The standard InChI is InChI=1S/C11H10F2N4O2/c1-11(12,13)19-10(18)16-9-4-6-15-17(9)8-3-2-5-14-7-8/h2-7H,1H3,(H,16,18). The van der Waals surface area contributed by atoms with E-state index in [1.807, 2.05) is 0 Å². The third-order valence-corrected chi connectivity index (χ3v) is 2.04. The zero-order chi connectivity index (χ0) is 13.9. The summed E-state index contributed by atoms with van der Waals surface area (Å²) >= 11 is 0. The summed E-state index contributed by atoms with van der Waals surface area (Å²) in [6, 6.07) is 4.83. The second kappa shape index (κ2) is 5.01. The Morgan fingerprint density at radius 3 is 2.84 bits per heavy atom. The predicted octanol–water partition coefficient (Wildman–Crippen LogP) is 2.43. The molecule has 0 saturated heterocycles. The van der Waals surface area contributed by atoms with Gasteiger partial charge in [0.1, 0.15) is 5.82 Å². The minimum Gasteiger partial charge on any atom is -0.384 e. The first kappa shape index (κ1) is 12.9. The van der Waals surface area contributed by atoms with Crippen molar-refractivity contribution in [2.75, 3.05) is 5.32 Å². The van der Waals surface area contributed by atoms with Crippen LogP contribution in [-0.4, -0.2) is 27.0 Å². The van der Waals surface area contributed by atoms with Crippen molar-refractivity contribution in [3.8, 4) is 5.69 Å². The van der Waals surface area contributed by atoms with Crippen molar-refractivity contribution in [2.45, 2.75) is 13.0 Å². The van der Waals surface area contributed by atoms with E-state index in [4.69, 9.17) is 0 Å². The van der Waals surface area contributed by atoms with Gasteiger partial charge in [-0.15, -0.1) is 0 Å². The number of aromatic nitrogens is 3. The van der Waals surface area contributed by atoms with Crippen LogP contribution in [0.2, 0.25) is 0 Å². The van der Waals surface area contributed by atoms with Gasteiger partial charge in [-0.2, -0.15) is 13.9 Å². The number of alkyl halides is 2. The molecule has 100 valence electrons. The van der Waals surface area contributed by atoms with E-state index in [9.17, 15) is 13.6 Å². The van der Waals surface area contributed by atoms with Crippen LogP contribution in [0.25, 0.3) is 5.69 Å². The van der Waals surface area contributed by atoms with E-state index < -0.39 is 12.2 Å². The lowest BCUT2D eigenvalue weighted by Gasteiger charge is -2.12. The van der Waals surface area contributed by atoms with Crippen molar-refractivity contribution >= 4 is 11.9 Å². The number of amides is 1. The van der Waals surface area contributed by atoms with Crippen LogP contribution in [0.15, 0.2) is 36.8 Å². The molecule has 0 atom stereocenters. The number of hydrogen-bond acceptors (Lipinski definition) is 4. The van der Waals surface area contributed by atoms with Gasteiger partial charge in [-0.1, -0.05) is 0 Å². The first-order chi connectivity index (χ1) is 8.96. The van der Waals surface area contributed by atoms with E-state index in [1.54, 1.807) is 18.3 Å². The Bertz CT molecular complexity index is 566. The van der Waals surface area contributed by atoms with E-state index in [-0.39, 0.29) is 5.82 Å². The summed E-state index contributed by atoms with van der Waals surface area (Å²) in [7, 11) is 0. The third kappa shape index (κ3) is 3.47. The SMILES string of the molecule is CC(F)(F)OC(=O)Nc1ccnn1-c1cccnc1. The van der Waals surface area contributed by atoms with Gasteiger partial charge in [-0.3, -0.25) is 10.3 Å². The Balaban J connectivity index is 2.15. The van der Waals surface area contributed by atoms with Crippen molar-refractivity contribution in [2.24, 2.45) is 0 Å². The van der Waals surface area contributed by atoms with Gasteiger partial charge in [0, 0.05) is 19.2 Å². The fourth-order valence-electron chi connectivity index (χ4n) is 1.38. The summed E-state index contributed by atoms with van der Waals surface area (Å²) in [6.45, 7) is 0.477. The number of carbonyl (C=O) groups is 1. The van der Waals surface area contributed by atoms with Crippen LogP contribution < -0.4 is 5.32 Å². The molecule has 0 radical (unpaired) electrons. The van der Waals surface area contributed by atoms with E-state index in [1.165, 1.54) is 23.1 Å². The molecule has 0 bridgehead atoms. The molecule has 1 amide bonds. The highest BCUT2D eigenvalue weighted by molar-refractivity contribution is 5.83. The molecular weight excluding hydrogens is 258 g/mol. The van der Waals surface area contributed by atoms with Gasteiger partial charge in [0.05, 0.1) is 18.1 Å². The maximum absolute atomic E-state index is 12.5. The highest BCUT2D eigenvalue weighted by Crippen LogP contribution is 2.17. The van der Waals surface area contributed by atoms with Crippen LogP contribution in [0.5, 0.6) is 0 Å². The summed E-state index contributed by atoms with van der Waals surface area (Å²) < 4.78 is 30.2. The minimum absolute atomic E-state index is 0.197. The molecule has 2 aromatic heterocycles. The Labute approximate surface area is 107 Å². The maximum Gasteiger partial charge on any atom is 0.417 e. The largest absolute Gasteiger partial charge is 0.417 e. The Morgan fingerprint density at radius 1 is 1.42 bits per heavy atom. The molecule has 0 saturated carbocycles. The summed E-state index contributed by atoms with van der Waals surface area (Å²) in [5, 5.41) is 6.13. The first-order valence-corrected chi connectivity index (χ1v) is 5.28. The van der Waals surface area contributed by atoms with Gasteiger partial charge in [-0.05, 0) is 12.1 Å². The van der Waals surface area contributed by atoms with Crippen molar-refractivity contribution < 1.29 is 18.3 Å². The van der Waals surface area contributed by atoms with Crippen molar-refractivity contribution in [3.05, 3.63) is 36.8 Å². The molecule has 2 rings (SSSR count). The van der Waals surface area contributed by atoms with Gasteiger partial charge in [0.2, 0.25) is 0 Å². The molecule has 6 nitrogen and oxygen atoms in total. The summed E-state index contributed by atoms with van der Waals surface area (Å²) in [6.07, 6.45) is -0.307. The summed E-state index contributed by atoms with van der Waals surface area (Å²) in [5.74, 6) is 0.197. The lowest BCUT2D eigenvalue weighted by Crippen LogP contribution is -2.25. The van der Waals surface area contributed by atoms with Gasteiger partial charge in [0.25, 0.3) is 0 Å². The smallest absolute Gasteiger partial charge is 0.384 e. The Kier molecular flexibility index (Phi) is 3.41. The van der Waals surface area contributed by atoms with E-state index in [0.717, 1.165) is 0 Å². The summed E-state index contributed by atoms with van der Waals surface area (Å²) in [4.78, 5) is 15.1. The lowest BCUT2D eigenvalue weighted by atomic mass is 10.4. The van der Waals surface area contributed by atoms with Crippen LogP contribution in [0.4, 0.5) is 19.4 Å². The number of ether oxygens (including phenoxy) is 1. The fourth-order valence-corrected chi connectivity index (χ4v) is 1.38. The topological polar surface area (TPSA) is 69.0 Å². The van der Waals surface area contributed by atoms with Gasteiger partial charge in [0.15, 0.2) is 0 Å². The monoisotopic (exact) mass is 268 g/mol. The highest BCUT2D eigenvalue weighted by atomic mass is 19.3. The van der Waals surface area contributed by atoms with Gasteiger partial charge < -0.3 is 4.74 Å². The lowest BCUT2D eigenvalue weighted by molar-refractivity contribution is -0.178. The van der Waals surface area contributed by atoms with Crippen molar-refractivity contribution in [1.29, 1.82) is 0 Å². The second-order valence-electron chi connectivity index (χ2n) is 3.66. The van der Waals surface area contributed by atoms with Crippen LogP contribution >= 0.6 is 0 Å². The molecule has 8 heteroatoms. The predicted molar refractivity (Wildman–Crippen MR) is 62.1 cm³/mol. The molecule has 0 fully saturated rings. The first-order valence-electron chi connectivity index (χ1n) is 5.28. The molecule has 0 aromatic carbocycles. The number of anilines is 1. The molecule has 0 unspecified atom stereocenters. The number of pyridine rings is 1. The Hall–Kier alpha value is -2.51.